The first-order valence-corrected chi connectivity index (χ1v) is 6.68. The molecular weight excluding hydrogens is 305 g/mol. The summed E-state index contributed by atoms with van der Waals surface area (Å²) in [5.74, 6) is -2.44. The van der Waals surface area contributed by atoms with Crippen molar-refractivity contribution in [3.05, 3.63) is 51.1 Å². The van der Waals surface area contributed by atoms with Crippen molar-refractivity contribution < 1.29 is 19.1 Å². The van der Waals surface area contributed by atoms with Crippen LogP contribution in [0.5, 0.6) is 0 Å². The highest BCUT2D eigenvalue weighted by Gasteiger charge is 2.16. The summed E-state index contributed by atoms with van der Waals surface area (Å²) in [4.78, 5) is 23.0. The largest absolute Gasteiger partial charge is 0.477 e. The summed E-state index contributed by atoms with van der Waals surface area (Å²) >= 11 is 6.63. The van der Waals surface area contributed by atoms with Gasteiger partial charge in [-0.15, -0.1) is 11.3 Å². The molecule has 0 atom stereocenters. The SMILES string of the molecule is Cc1cc(NC(=O)c2cc(Cl)ccc2F)sc1C(=O)O. The van der Waals surface area contributed by atoms with E-state index >= 15 is 0 Å². The lowest BCUT2D eigenvalue weighted by Gasteiger charge is -2.04. The van der Waals surface area contributed by atoms with Gasteiger partial charge < -0.3 is 10.4 Å². The van der Waals surface area contributed by atoms with Crippen LogP contribution in [-0.2, 0) is 0 Å². The average molecular weight is 314 g/mol. The van der Waals surface area contributed by atoms with Crippen molar-refractivity contribution in [3.63, 3.8) is 0 Å². The smallest absolute Gasteiger partial charge is 0.346 e. The van der Waals surface area contributed by atoms with E-state index in [0.717, 1.165) is 17.4 Å². The van der Waals surface area contributed by atoms with E-state index in [0.29, 0.717) is 10.6 Å². The predicted octanol–water partition coefficient (Wildman–Crippen LogP) is 3.80. The highest BCUT2D eigenvalue weighted by molar-refractivity contribution is 7.18. The summed E-state index contributed by atoms with van der Waals surface area (Å²) in [6.07, 6.45) is 0. The number of aromatic carboxylic acids is 1. The van der Waals surface area contributed by atoms with Crippen molar-refractivity contribution in [2.24, 2.45) is 0 Å². The number of carbonyl (C=O) groups excluding carboxylic acids is 1. The van der Waals surface area contributed by atoms with Crippen LogP contribution in [0.25, 0.3) is 0 Å². The third-order valence-corrected chi connectivity index (χ3v) is 3.90. The number of hydrogen-bond donors (Lipinski definition) is 2. The van der Waals surface area contributed by atoms with Gasteiger partial charge in [-0.2, -0.15) is 0 Å². The Bertz CT molecular complexity index is 699. The van der Waals surface area contributed by atoms with Crippen LogP contribution in [0.2, 0.25) is 5.02 Å². The minimum atomic E-state index is -1.07. The molecule has 0 radical (unpaired) electrons. The molecule has 2 aromatic rings. The molecule has 20 heavy (non-hydrogen) atoms. The number of carboxylic acids is 1. The van der Waals surface area contributed by atoms with E-state index in [1.807, 2.05) is 0 Å². The quantitative estimate of drug-likeness (QED) is 0.905. The maximum atomic E-state index is 13.5. The Morgan fingerprint density at radius 3 is 2.65 bits per heavy atom. The first kappa shape index (κ1) is 14.5. The zero-order valence-electron chi connectivity index (χ0n) is 10.2. The predicted molar refractivity (Wildman–Crippen MR) is 75.4 cm³/mol. The number of carboxylic acid groups (broad SMARTS) is 1. The second kappa shape index (κ2) is 5.60. The molecule has 7 heteroatoms. The number of amides is 1. The summed E-state index contributed by atoms with van der Waals surface area (Å²) in [5, 5.41) is 12.0. The zero-order chi connectivity index (χ0) is 14.9. The first-order valence-electron chi connectivity index (χ1n) is 5.48. The highest BCUT2D eigenvalue weighted by atomic mass is 35.5. The summed E-state index contributed by atoms with van der Waals surface area (Å²) in [7, 11) is 0. The molecule has 0 saturated heterocycles. The lowest BCUT2D eigenvalue weighted by Crippen LogP contribution is -2.12. The molecule has 104 valence electrons. The van der Waals surface area contributed by atoms with E-state index in [4.69, 9.17) is 16.7 Å². The molecule has 1 heterocycles. The molecule has 1 amide bonds. The molecule has 1 aromatic heterocycles. The van der Waals surface area contributed by atoms with Crippen molar-refractivity contribution in [3.8, 4) is 0 Å². The van der Waals surface area contributed by atoms with E-state index in [-0.39, 0.29) is 15.5 Å². The number of anilines is 1. The van der Waals surface area contributed by atoms with E-state index in [1.165, 1.54) is 18.2 Å². The molecule has 4 nitrogen and oxygen atoms in total. The molecule has 0 unspecified atom stereocenters. The van der Waals surface area contributed by atoms with Crippen molar-refractivity contribution in [2.75, 3.05) is 5.32 Å². The third-order valence-electron chi connectivity index (χ3n) is 2.52. The Hall–Kier alpha value is -1.92. The van der Waals surface area contributed by atoms with Crippen LogP contribution in [0.15, 0.2) is 24.3 Å². The maximum Gasteiger partial charge on any atom is 0.346 e. The van der Waals surface area contributed by atoms with Gasteiger partial charge in [0, 0.05) is 5.02 Å². The number of aryl methyl sites for hydroxylation is 1. The minimum Gasteiger partial charge on any atom is -0.477 e. The lowest BCUT2D eigenvalue weighted by atomic mass is 10.2. The maximum absolute atomic E-state index is 13.5. The van der Waals surface area contributed by atoms with Crippen molar-refractivity contribution in [2.45, 2.75) is 6.92 Å². The second-order valence-electron chi connectivity index (χ2n) is 4.01. The van der Waals surface area contributed by atoms with Gasteiger partial charge >= 0.3 is 5.97 Å². The summed E-state index contributed by atoms with van der Waals surface area (Å²) in [6.45, 7) is 1.62. The summed E-state index contributed by atoms with van der Waals surface area (Å²) in [6, 6.07) is 5.17. The standard InChI is InChI=1S/C13H9ClFNO3S/c1-6-4-10(20-11(6)13(18)19)16-12(17)8-5-7(14)2-3-9(8)15/h2-5H,1H3,(H,16,17)(H,18,19). The normalized spacial score (nSPS) is 10.3. The molecule has 0 saturated carbocycles. The fourth-order valence-electron chi connectivity index (χ4n) is 1.61. The molecule has 0 aliphatic heterocycles. The van der Waals surface area contributed by atoms with Gasteiger partial charge in [0.25, 0.3) is 5.91 Å². The Labute approximate surface area is 122 Å². The van der Waals surface area contributed by atoms with Crippen LogP contribution in [0.4, 0.5) is 9.39 Å². The van der Waals surface area contributed by atoms with Crippen LogP contribution in [0.3, 0.4) is 0 Å². The molecule has 2 N–H and O–H groups in total. The van der Waals surface area contributed by atoms with Gasteiger partial charge in [-0.25, -0.2) is 9.18 Å². The number of thiophene rings is 1. The molecule has 1 aromatic carbocycles. The van der Waals surface area contributed by atoms with Crippen LogP contribution in [-0.4, -0.2) is 17.0 Å². The average Bonchev–Trinajstić information content (AvgIpc) is 2.73. The zero-order valence-corrected chi connectivity index (χ0v) is 11.8. The van der Waals surface area contributed by atoms with Gasteiger partial charge in [-0.05, 0) is 36.8 Å². The highest BCUT2D eigenvalue weighted by Crippen LogP contribution is 2.27. The number of halogens is 2. The van der Waals surface area contributed by atoms with E-state index in [9.17, 15) is 14.0 Å². The van der Waals surface area contributed by atoms with E-state index < -0.39 is 17.7 Å². The van der Waals surface area contributed by atoms with Gasteiger partial charge in [-0.3, -0.25) is 4.79 Å². The van der Waals surface area contributed by atoms with Gasteiger partial charge in [0.2, 0.25) is 0 Å². The van der Waals surface area contributed by atoms with Gasteiger partial charge in [-0.1, -0.05) is 11.6 Å². The molecule has 0 fully saturated rings. The van der Waals surface area contributed by atoms with Crippen LogP contribution in [0.1, 0.15) is 25.6 Å². The Morgan fingerprint density at radius 2 is 2.05 bits per heavy atom. The number of hydrogen-bond acceptors (Lipinski definition) is 3. The molecule has 0 aliphatic rings. The Balaban J connectivity index is 2.26. The molecule has 2 rings (SSSR count). The number of benzene rings is 1. The minimum absolute atomic E-state index is 0.131. The van der Waals surface area contributed by atoms with Gasteiger partial charge in [0.15, 0.2) is 0 Å². The summed E-state index contributed by atoms with van der Waals surface area (Å²) in [5.41, 5.74) is 0.338. The number of rotatable bonds is 3. The fourth-order valence-corrected chi connectivity index (χ4v) is 2.69. The molecule has 0 spiro atoms. The van der Waals surface area contributed by atoms with Crippen molar-refractivity contribution >= 4 is 39.8 Å². The summed E-state index contributed by atoms with van der Waals surface area (Å²) < 4.78 is 13.5. The Kier molecular flexibility index (Phi) is 4.06. The lowest BCUT2D eigenvalue weighted by molar-refractivity contribution is 0.0701. The van der Waals surface area contributed by atoms with E-state index in [1.54, 1.807) is 6.92 Å². The molecular formula is C13H9ClFNO3S. The van der Waals surface area contributed by atoms with Crippen LogP contribution >= 0.6 is 22.9 Å². The number of nitrogens with one attached hydrogen (secondary N) is 1. The second-order valence-corrected chi connectivity index (χ2v) is 5.49. The van der Waals surface area contributed by atoms with Crippen molar-refractivity contribution in [1.29, 1.82) is 0 Å². The van der Waals surface area contributed by atoms with Crippen LogP contribution in [0, 0.1) is 12.7 Å². The molecule has 0 bridgehead atoms. The topological polar surface area (TPSA) is 66.4 Å². The third kappa shape index (κ3) is 2.97. The van der Waals surface area contributed by atoms with Crippen LogP contribution < -0.4 is 5.32 Å². The van der Waals surface area contributed by atoms with Gasteiger partial charge in [0.1, 0.15) is 10.7 Å². The van der Waals surface area contributed by atoms with Gasteiger partial charge in [0.05, 0.1) is 10.6 Å². The molecule has 0 aliphatic carbocycles. The van der Waals surface area contributed by atoms with Crippen molar-refractivity contribution in [1.82, 2.24) is 0 Å². The first-order chi connectivity index (χ1) is 9.38. The monoisotopic (exact) mass is 313 g/mol. The Morgan fingerprint density at radius 1 is 1.35 bits per heavy atom. The fraction of sp³-hybridized carbons (Fsp3) is 0.0769. The van der Waals surface area contributed by atoms with E-state index in [2.05, 4.69) is 5.32 Å². The number of carbonyl (C=O) groups is 2.